The van der Waals surface area contributed by atoms with Crippen LogP contribution in [0.2, 0.25) is 0 Å². The largest absolute Gasteiger partial charge is 0.0714 e. The van der Waals surface area contributed by atoms with Crippen LogP contribution >= 0.6 is 0 Å². The van der Waals surface area contributed by atoms with Gasteiger partial charge in [0.1, 0.15) is 0 Å². The minimum atomic E-state index is 0.314. The molecule has 0 atom stereocenters. The minimum Gasteiger partial charge on any atom is -0.0714 e. The predicted molar refractivity (Wildman–Crippen MR) is 55.9 cm³/mol. The lowest BCUT2D eigenvalue weighted by atomic mass is 10.0. The topological polar surface area (TPSA) is 0 Å². The third kappa shape index (κ3) is 1.01. The van der Waals surface area contributed by atoms with Crippen molar-refractivity contribution in [2.45, 2.75) is 0 Å². The second-order valence-corrected chi connectivity index (χ2v) is 4.76. The summed E-state index contributed by atoms with van der Waals surface area (Å²) in [6.45, 7) is 0. The summed E-state index contributed by atoms with van der Waals surface area (Å²) >= 11 is 0. The Kier molecular flexibility index (Phi) is 1.46. The van der Waals surface area contributed by atoms with Crippen LogP contribution in [0.15, 0.2) is 47.7 Å². The van der Waals surface area contributed by atoms with Gasteiger partial charge >= 0.3 is 0 Å². The highest BCUT2D eigenvalue weighted by Crippen LogP contribution is 2.19. The molecule has 1 heteroatoms. The van der Waals surface area contributed by atoms with Crippen molar-refractivity contribution in [1.82, 2.24) is 0 Å². The maximum absolute atomic E-state index is 3.33. The third-order valence-electron chi connectivity index (χ3n) is 2.43. The predicted octanol–water partition coefficient (Wildman–Crippen LogP) is 1.07. The van der Waals surface area contributed by atoms with Crippen LogP contribution in [0.1, 0.15) is 0 Å². The number of allylic oxidation sites excluding steroid dienone is 4. The Balaban J connectivity index is 2.46. The highest BCUT2D eigenvalue weighted by Gasteiger charge is 2.11. The van der Waals surface area contributed by atoms with Crippen molar-refractivity contribution in [2.24, 2.45) is 0 Å². The molecule has 0 amide bonds. The molecule has 1 aromatic rings. The molecule has 2 aliphatic rings. The van der Waals surface area contributed by atoms with E-state index in [1.807, 2.05) is 6.08 Å². The quantitative estimate of drug-likeness (QED) is 0.524. The van der Waals surface area contributed by atoms with Gasteiger partial charge in [-0.2, -0.15) is 0 Å². The van der Waals surface area contributed by atoms with Gasteiger partial charge in [-0.1, -0.05) is 42.5 Å². The molecule has 2 radical (unpaired) electrons. The highest BCUT2D eigenvalue weighted by atomic mass is 28.2. The van der Waals surface area contributed by atoms with Crippen molar-refractivity contribution < 1.29 is 0 Å². The van der Waals surface area contributed by atoms with E-state index >= 15 is 0 Å². The van der Waals surface area contributed by atoms with Gasteiger partial charge in [0, 0.05) is 15.6 Å². The Labute approximate surface area is 79.4 Å². The van der Waals surface area contributed by atoms with E-state index in [9.17, 15) is 0 Å². The molecule has 0 spiro atoms. The average molecular weight is 180 g/mol. The molecule has 0 nitrogen and oxygen atoms in total. The first-order valence-corrected chi connectivity index (χ1v) is 5.55. The van der Waals surface area contributed by atoms with Crippen LogP contribution in [-0.4, -0.2) is 9.13 Å². The number of rotatable bonds is 0. The zero-order chi connectivity index (χ0) is 8.67. The van der Waals surface area contributed by atoms with Gasteiger partial charge in [0.05, 0.1) is 0 Å². The van der Waals surface area contributed by atoms with Gasteiger partial charge in [-0.25, -0.2) is 0 Å². The summed E-state index contributed by atoms with van der Waals surface area (Å²) in [5.41, 5.74) is 1.33. The summed E-state index contributed by atoms with van der Waals surface area (Å²) in [4.78, 5) is 1.51. The second kappa shape index (κ2) is 2.64. The molecule has 13 heavy (non-hydrogen) atoms. The maximum Gasteiger partial charge on any atom is 0.0431 e. The number of hydrogen-bond acceptors (Lipinski definition) is 0. The van der Waals surface area contributed by atoms with Crippen LogP contribution in [0.3, 0.4) is 0 Å². The molecule has 1 aliphatic heterocycles. The van der Waals surface area contributed by atoms with Crippen LogP contribution in [0.4, 0.5) is 0 Å². The first kappa shape index (κ1) is 7.22. The molecule has 1 aliphatic carbocycles. The SMILES string of the molecule is [C]1C=CC=C2[SiH]=c3ccccc3=C12. The molecular weight excluding hydrogens is 172 g/mol. The van der Waals surface area contributed by atoms with Crippen molar-refractivity contribution >= 4 is 14.7 Å². The number of hydrogen-bond donors (Lipinski definition) is 0. The van der Waals surface area contributed by atoms with Gasteiger partial charge in [0.25, 0.3) is 0 Å². The van der Waals surface area contributed by atoms with Crippen LogP contribution in [0, 0.1) is 11.2 Å². The van der Waals surface area contributed by atoms with Crippen LogP contribution in [-0.2, 0) is 0 Å². The summed E-state index contributed by atoms with van der Waals surface area (Å²) in [5.74, 6) is 0. The summed E-state index contributed by atoms with van der Waals surface area (Å²) in [6, 6.07) is 8.66. The molecule has 0 saturated carbocycles. The lowest BCUT2D eigenvalue weighted by Gasteiger charge is -2.03. The molecule has 0 N–H and O–H groups in total. The lowest BCUT2D eigenvalue weighted by molar-refractivity contribution is 1.53. The highest BCUT2D eigenvalue weighted by molar-refractivity contribution is 6.45. The zero-order valence-electron chi connectivity index (χ0n) is 7.12. The van der Waals surface area contributed by atoms with E-state index in [-0.39, 0.29) is 0 Å². The van der Waals surface area contributed by atoms with Crippen LogP contribution in [0.25, 0.3) is 5.57 Å². The van der Waals surface area contributed by atoms with E-state index in [0.717, 1.165) is 0 Å². The molecule has 3 rings (SSSR count). The zero-order valence-corrected chi connectivity index (χ0v) is 8.27. The van der Waals surface area contributed by atoms with Crippen LogP contribution in [0.5, 0.6) is 0 Å². The Morgan fingerprint density at radius 3 is 3.08 bits per heavy atom. The monoisotopic (exact) mass is 180 g/mol. The molecule has 0 bridgehead atoms. The van der Waals surface area contributed by atoms with Gasteiger partial charge < -0.3 is 0 Å². The maximum atomic E-state index is 3.33. The molecule has 0 fully saturated rings. The fraction of sp³-hybridized carbons (Fsp3) is 0. The average Bonchev–Trinajstić information content (AvgIpc) is 2.56. The van der Waals surface area contributed by atoms with Crippen LogP contribution < -0.4 is 5.22 Å². The molecular formula is C12H8Si. The van der Waals surface area contributed by atoms with Crippen molar-refractivity contribution in [2.75, 3.05) is 0 Å². The van der Waals surface area contributed by atoms with Crippen molar-refractivity contribution in [1.29, 1.82) is 0 Å². The summed E-state index contributed by atoms with van der Waals surface area (Å²) < 4.78 is 0. The molecule has 1 aromatic carbocycles. The molecule has 0 saturated heterocycles. The molecule has 60 valence electrons. The number of benzene rings is 1. The Morgan fingerprint density at radius 1 is 1.15 bits per heavy atom. The standard InChI is InChI=1S/C12H8Si/c1-3-7-11-9(5-1)10-6-2-4-8-12(10)13-11/h1-5,7-8,13H. The number of fused-ring (bicyclic) bond motifs is 2. The van der Waals surface area contributed by atoms with E-state index < -0.39 is 0 Å². The van der Waals surface area contributed by atoms with Crippen molar-refractivity contribution in [3.05, 3.63) is 64.1 Å². The van der Waals surface area contributed by atoms with Crippen molar-refractivity contribution in [3.63, 3.8) is 0 Å². The van der Waals surface area contributed by atoms with Gasteiger partial charge in [-0.05, 0) is 20.8 Å². The normalized spacial score (nSPS) is 17.5. The van der Waals surface area contributed by atoms with Gasteiger partial charge in [0.2, 0.25) is 0 Å². The fourth-order valence-corrected chi connectivity index (χ4v) is 3.35. The summed E-state index contributed by atoms with van der Waals surface area (Å²) in [6.07, 6.45) is 9.63. The van der Waals surface area contributed by atoms with E-state index in [4.69, 9.17) is 0 Å². The molecule has 1 heterocycles. The van der Waals surface area contributed by atoms with E-state index in [2.05, 4.69) is 42.8 Å². The van der Waals surface area contributed by atoms with E-state index in [1.54, 1.807) is 0 Å². The first-order valence-electron chi connectivity index (χ1n) is 4.40. The molecule has 0 aromatic heterocycles. The summed E-state index contributed by atoms with van der Waals surface area (Å²) in [5, 5.41) is 2.89. The smallest absolute Gasteiger partial charge is 0.0431 e. The van der Waals surface area contributed by atoms with E-state index in [0.29, 0.717) is 9.13 Å². The Morgan fingerprint density at radius 2 is 2.08 bits per heavy atom. The molecule has 0 unspecified atom stereocenters. The first-order chi connectivity index (χ1) is 6.45. The Bertz CT molecular complexity index is 532. The lowest BCUT2D eigenvalue weighted by Crippen LogP contribution is -2.04. The third-order valence-corrected chi connectivity index (χ3v) is 4.04. The Hall–Kier alpha value is -1.21. The van der Waals surface area contributed by atoms with Crippen molar-refractivity contribution in [3.8, 4) is 0 Å². The van der Waals surface area contributed by atoms with Gasteiger partial charge in [-0.3, -0.25) is 0 Å². The van der Waals surface area contributed by atoms with Gasteiger partial charge in [0.15, 0.2) is 0 Å². The van der Waals surface area contributed by atoms with Gasteiger partial charge in [-0.15, -0.1) is 0 Å². The summed E-state index contributed by atoms with van der Waals surface area (Å²) in [7, 11) is 0.314. The fourth-order valence-electron chi connectivity index (χ4n) is 1.82. The second-order valence-electron chi connectivity index (χ2n) is 3.23. The minimum absolute atomic E-state index is 0.314. The van der Waals surface area contributed by atoms with E-state index in [1.165, 1.54) is 20.8 Å².